The zero-order valence-corrected chi connectivity index (χ0v) is 11.7. The number of alkyl halides is 1. The van der Waals surface area contributed by atoms with Crippen LogP contribution in [0.4, 0.5) is 0 Å². The topological polar surface area (TPSA) is 20.3 Å². The summed E-state index contributed by atoms with van der Waals surface area (Å²) in [6.07, 6.45) is 6.56. The highest BCUT2D eigenvalue weighted by molar-refractivity contribution is 9.09. The summed E-state index contributed by atoms with van der Waals surface area (Å²) in [6.45, 7) is 1.97. The molecular weight excluding hydrogens is 278 g/mol. The fourth-order valence-corrected chi connectivity index (χ4v) is 5.34. The van der Waals surface area contributed by atoms with E-state index in [0.29, 0.717) is 16.7 Å². The lowest BCUT2D eigenvalue weighted by Gasteiger charge is -2.30. The maximum absolute atomic E-state index is 12.5. The largest absolute Gasteiger partial charge is 0.342 e. The molecule has 1 heterocycles. The van der Waals surface area contributed by atoms with E-state index in [9.17, 15) is 4.79 Å². The van der Waals surface area contributed by atoms with Gasteiger partial charge in [-0.3, -0.25) is 4.79 Å². The number of nitrogens with zero attached hydrogens (tertiary/aromatic N) is 1. The van der Waals surface area contributed by atoms with Crippen LogP contribution < -0.4 is 0 Å². The van der Waals surface area contributed by atoms with Gasteiger partial charge in [-0.1, -0.05) is 15.9 Å². The maximum Gasteiger partial charge on any atom is 0.226 e. The SMILES string of the molecule is O=C(C1C2C3CCC(C3)C12)N1CCC(Br)CC1. The predicted molar refractivity (Wildman–Crippen MR) is 69.8 cm³/mol. The van der Waals surface area contributed by atoms with E-state index in [4.69, 9.17) is 0 Å². The molecule has 2 bridgehead atoms. The number of hydrogen-bond acceptors (Lipinski definition) is 1. The molecule has 0 aromatic heterocycles. The van der Waals surface area contributed by atoms with Gasteiger partial charge in [0.15, 0.2) is 0 Å². The standard InChI is InChI=1S/C14H20BrNO/c15-10-3-5-16(6-4-10)14(17)13-11-8-1-2-9(7-8)12(11)13/h8-13H,1-7H2. The van der Waals surface area contributed by atoms with E-state index in [1.165, 1.54) is 19.3 Å². The Morgan fingerprint density at radius 1 is 1.00 bits per heavy atom. The molecule has 4 fully saturated rings. The summed E-state index contributed by atoms with van der Waals surface area (Å²) >= 11 is 3.66. The second-order valence-electron chi connectivity index (χ2n) is 6.51. The van der Waals surface area contributed by atoms with E-state index in [0.717, 1.165) is 49.6 Å². The van der Waals surface area contributed by atoms with Gasteiger partial charge in [0.25, 0.3) is 0 Å². The number of carbonyl (C=O) groups is 1. The number of fused-ring (bicyclic) bond motifs is 5. The van der Waals surface area contributed by atoms with Crippen molar-refractivity contribution in [2.24, 2.45) is 29.6 Å². The fourth-order valence-electron chi connectivity index (χ4n) is 4.93. The molecular formula is C14H20BrNO. The molecule has 1 saturated heterocycles. The molecule has 4 unspecified atom stereocenters. The third kappa shape index (κ3) is 1.54. The first kappa shape index (κ1) is 10.8. The molecule has 17 heavy (non-hydrogen) atoms. The van der Waals surface area contributed by atoms with Crippen LogP contribution in [0.15, 0.2) is 0 Å². The Kier molecular flexibility index (Phi) is 2.37. The number of likely N-dealkylation sites (tertiary alicyclic amines) is 1. The Morgan fingerprint density at radius 3 is 2.18 bits per heavy atom. The van der Waals surface area contributed by atoms with E-state index in [-0.39, 0.29) is 0 Å². The molecule has 0 spiro atoms. The number of carbonyl (C=O) groups excluding carboxylic acids is 1. The lowest BCUT2D eigenvalue weighted by molar-refractivity contribution is -0.134. The average Bonchev–Trinajstić information content (AvgIpc) is 2.77. The summed E-state index contributed by atoms with van der Waals surface area (Å²) in [5.74, 6) is 4.43. The molecule has 1 aliphatic heterocycles. The molecule has 0 aromatic rings. The van der Waals surface area contributed by atoms with Crippen LogP contribution in [0, 0.1) is 29.6 Å². The minimum Gasteiger partial charge on any atom is -0.342 e. The Balaban J connectivity index is 1.42. The van der Waals surface area contributed by atoms with Crippen LogP contribution in [0.3, 0.4) is 0 Å². The van der Waals surface area contributed by atoms with Crippen molar-refractivity contribution in [2.45, 2.75) is 36.9 Å². The first-order chi connectivity index (χ1) is 8.25. The monoisotopic (exact) mass is 297 g/mol. The third-order valence-electron chi connectivity index (χ3n) is 5.76. The average molecular weight is 298 g/mol. The minimum absolute atomic E-state index is 0.452. The van der Waals surface area contributed by atoms with Gasteiger partial charge in [-0.15, -0.1) is 0 Å². The summed E-state index contributed by atoms with van der Waals surface area (Å²) in [4.78, 5) is 15.3. The van der Waals surface area contributed by atoms with Crippen LogP contribution in [-0.4, -0.2) is 28.7 Å². The minimum atomic E-state index is 0.452. The second-order valence-corrected chi connectivity index (χ2v) is 7.81. The van der Waals surface area contributed by atoms with Gasteiger partial charge in [-0.2, -0.15) is 0 Å². The highest BCUT2D eigenvalue weighted by Crippen LogP contribution is 2.69. The van der Waals surface area contributed by atoms with Crippen molar-refractivity contribution in [1.29, 1.82) is 0 Å². The summed E-state index contributed by atoms with van der Waals surface area (Å²) in [7, 11) is 0. The van der Waals surface area contributed by atoms with Crippen LogP contribution in [0.2, 0.25) is 0 Å². The molecule has 4 rings (SSSR count). The van der Waals surface area contributed by atoms with Crippen molar-refractivity contribution < 1.29 is 4.79 Å². The van der Waals surface area contributed by atoms with Crippen molar-refractivity contribution in [3.05, 3.63) is 0 Å². The van der Waals surface area contributed by atoms with Crippen LogP contribution in [-0.2, 0) is 4.79 Å². The van der Waals surface area contributed by atoms with Gasteiger partial charge in [-0.05, 0) is 55.8 Å². The molecule has 3 saturated carbocycles. The summed E-state index contributed by atoms with van der Waals surface area (Å²) in [5, 5.41) is 0. The van der Waals surface area contributed by atoms with Crippen LogP contribution in [0.25, 0.3) is 0 Å². The highest BCUT2D eigenvalue weighted by Gasteiger charge is 2.67. The van der Waals surface area contributed by atoms with Crippen molar-refractivity contribution in [2.75, 3.05) is 13.1 Å². The molecule has 4 atom stereocenters. The van der Waals surface area contributed by atoms with Crippen molar-refractivity contribution >= 4 is 21.8 Å². The van der Waals surface area contributed by atoms with Gasteiger partial charge in [0.2, 0.25) is 5.91 Å². The molecule has 4 aliphatic rings. The molecule has 3 heteroatoms. The normalized spacial score (nSPS) is 48.3. The number of piperidine rings is 1. The molecule has 0 radical (unpaired) electrons. The lowest BCUT2D eigenvalue weighted by Crippen LogP contribution is -2.40. The molecule has 1 amide bonds. The summed E-state index contributed by atoms with van der Waals surface area (Å²) in [6, 6.07) is 0. The lowest BCUT2D eigenvalue weighted by atomic mass is 10.0. The number of halogens is 1. The first-order valence-corrected chi connectivity index (χ1v) is 8.10. The van der Waals surface area contributed by atoms with E-state index >= 15 is 0 Å². The van der Waals surface area contributed by atoms with E-state index in [1.807, 2.05) is 0 Å². The quantitative estimate of drug-likeness (QED) is 0.682. The smallest absolute Gasteiger partial charge is 0.226 e. The van der Waals surface area contributed by atoms with Gasteiger partial charge < -0.3 is 4.90 Å². The van der Waals surface area contributed by atoms with Crippen molar-refractivity contribution in [3.8, 4) is 0 Å². The Hall–Kier alpha value is -0.0500. The van der Waals surface area contributed by atoms with Crippen LogP contribution in [0.1, 0.15) is 32.1 Å². The number of rotatable bonds is 1. The van der Waals surface area contributed by atoms with Crippen LogP contribution >= 0.6 is 15.9 Å². The second kappa shape index (κ2) is 3.72. The van der Waals surface area contributed by atoms with Gasteiger partial charge in [0.05, 0.1) is 0 Å². The van der Waals surface area contributed by atoms with Gasteiger partial charge >= 0.3 is 0 Å². The number of hydrogen-bond donors (Lipinski definition) is 0. The van der Waals surface area contributed by atoms with Crippen molar-refractivity contribution in [1.82, 2.24) is 4.90 Å². The molecule has 0 N–H and O–H groups in total. The Bertz CT molecular complexity index is 334. The van der Waals surface area contributed by atoms with Gasteiger partial charge in [-0.25, -0.2) is 0 Å². The van der Waals surface area contributed by atoms with E-state index < -0.39 is 0 Å². The molecule has 0 aromatic carbocycles. The summed E-state index contributed by atoms with van der Waals surface area (Å²) < 4.78 is 0. The molecule has 3 aliphatic carbocycles. The fraction of sp³-hybridized carbons (Fsp3) is 0.929. The number of amides is 1. The van der Waals surface area contributed by atoms with E-state index in [1.54, 1.807) is 0 Å². The highest BCUT2D eigenvalue weighted by atomic mass is 79.9. The zero-order chi connectivity index (χ0) is 11.6. The summed E-state index contributed by atoms with van der Waals surface area (Å²) in [5.41, 5.74) is 0. The third-order valence-corrected chi connectivity index (χ3v) is 6.67. The molecule has 94 valence electrons. The molecule has 2 nitrogen and oxygen atoms in total. The Morgan fingerprint density at radius 2 is 1.59 bits per heavy atom. The van der Waals surface area contributed by atoms with E-state index in [2.05, 4.69) is 20.8 Å². The first-order valence-electron chi connectivity index (χ1n) is 7.18. The van der Waals surface area contributed by atoms with Crippen LogP contribution in [0.5, 0.6) is 0 Å². The van der Waals surface area contributed by atoms with Gasteiger partial charge in [0, 0.05) is 23.8 Å². The van der Waals surface area contributed by atoms with Crippen molar-refractivity contribution in [3.63, 3.8) is 0 Å². The maximum atomic E-state index is 12.5. The zero-order valence-electron chi connectivity index (χ0n) is 10.1. The van der Waals surface area contributed by atoms with Gasteiger partial charge in [0.1, 0.15) is 0 Å². The Labute approximate surface area is 111 Å². The predicted octanol–water partition coefficient (Wildman–Crippen LogP) is 2.66.